The summed E-state index contributed by atoms with van der Waals surface area (Å²) >= 11 is 0. The van der Waals surface area contributed by atoms with Gasteiger partial charge < -0.3 is 4.90 Å². The Bertz CT molecular complexity index is 890. The van der Waals surface area contributed by atoms with Crippen LogP contribution in [0.15, 0.2) is 54.6 Å². The Balaban J connectivity index is 2.39. The average Bonchev–Trinajstić information content (AvgIpc) is 2.44. The maximum Gasteiger partial charge on any atom is 0.0447 e. The van der Waals surface area contributed by atoms with Crippen LogP contribution in [0, 0.1) is 0 Å². The van der Waals surface area contributed by atoms with Gasteiger partial charge in [-0.15, -0.1) is 0 Å². The van der Waals surface area contributed by atoms with Crippen molar-refractivity contribution < 1.29 is 0 Å². The lowest BCUT2D eigenvalue weighted by Gasteiger charge is -2.19. The number of hydrogen-bond donors (Lipinski definition) is 0. The Kier molecular flexibility index (Phi) is 2.02. The van der Waals surface area contributed by atoms with E-state index >= 15 is 0 Å². The van der Waals surface area contributed by atoms with Crippen molar-refractivity contribution in [2.24, 2.45) is 0 Å². The molecule has 4 aromatic carbocycles. The van der Waals surface area contributed by atoms with Crippen molar-refractivity contribution in [1.29, 1.82) is 0 Å². The quantitative estimate of drug-likeness (QED) is 0.441. The third kappa shape index (κ3) is 1.36. The summed E-state index contributed by atoms with van der Waals surface area (Å²) in [6.45, 7) is 0. The lowest BCUT2D eigenvalue weighted by atomic mass is 9.93. The molecule has 0 saturated carbocycles. The minimum atomic E-state index is 1.29. The van der Waals surface area contributed by atoms with Crippen molar-refractivity contribution in [1.82, 2.24) is 0 Å². The van der Waals surface area contributed by atoms with Crippen LogP contribution in [0.3, 0.4) is 0 Å². The Morgan fingerprint density at radius 1 is 0.684 bits per heavy atom. The van der Waals surface area contributed by atoms with Crippen LogP contribution in [-0.4, -0.2) is 14.1 Å². The van der Waals surface area contributed by atoms with Crippen molar-refractivity contribution in [3.63, 3.8) is 0 Å². The van der Waals surface area contributed by atoms with Crippen LogP contribution in [0.1, 0.15) is 0 Å². The number of nitrogens with zero attached hydrogens (tertiary/aromatic N) is 1. The molecule has 0 aliphatic rings. The molecule has 0 saturated heterocycles. The van der Waals surface area contributed by atoms with E-state index in [0.717, 1.165) is 0 Å². The summed E-state index contributed by atoms with van der Waals surface area (Å²) in [7, 11) is 4.22. The van der Waals surface area contributed by atoms with Gasteiger partial charge in [0, 0.05) is 25.2 Å². The molecule has 0 aliphatic heterocycles. The molecule has 0 fully saturated rings. The van der Waals surface area contributed by atoms with Gasteiger partial charge in [-0.3, -0.25) is 0 Å². The Hall–Kier alpha value is -2.28. The van der Waals surface area contributed by atoms with Gasteiger partial charge in [0.05, 0.1) is 0 Å². The fourth-order valence-corrected chi connectivity index (χ4v) is 3.11. The van der Waals surface area contributed by atoms with Gasteiger partial charge in [-0.25, -0.2) is 0 Å². The van der Waals surface area contributed by atoms with Gasteiger partial charge in [0.25, 0.3) is 0 Å². The molecule has 0 radical (unpaired) electrons. The predicted molar refractivity (Wildman–Crippen MR) is 84.5 cm³/mol. The first-order valence-corrected chi connectivity index (χ1v) is 6.59. The van der Waals surface area contributed by atoms with E-state index in [1.54, 1.807) is 0 Å². The molecule has 1 heteroatoms. The van der Waals surface area contributed by atoms with Crippen LogP contribution in [-0.2, 0) is 0 Å². The summed E-state index contributed by atoms with van der Waals surface area (Å²) in [6, 6.07) is 19.9. The van der Waals surface area contributed by atoms with Crippen LogP contribution in [0.2, 0.25) is 0 Å². The Morgan fingerprint density at radius 3 is 2.05 bits per heavy atom. The standard InChI is InChI=1S/C18H15N/c1-19(2)16-11-14-7-3-5-12-9-10-13-6-4-8-15(16)18(13)17(12)14/h3-11H,1-2H3. The zero-order valence-corrected chi connectivity index (χ0v) is 11.1. The second kappa shape index (κ2) is 3.61. The smallest absolute Gasteiger partial charge is 0.0447 e. The highest BCUT2D eigenvalue weighted by Gasteiger charge is 2.11. The van der Waals surface area contributed by atoms with Crippen LogP contribution in [0.4, 0.5) is 5.69 Å². The number of rotatable bonds is 1. The van der Waals surface area contributed by atoms with Gasteiger partial charge in [0.2, 0.25) is 0 Å². The van der Waals surface area contributed by atoms with Crippen LogP contribution < -0.4 is 4.90 Å². The van der Waals surface area contributed by atoms with E-state index in [2.05, 4.69) is 73.6 Å². The monoisotopic (exact) mass is 245 g/mol. The first kappa shape index (κ1) is 10.6. The number of hydrogen-bond acceptors (Lipinski definition) is 1. The van der Waals surface area contributed by atoms with Crippen molar-refractivity contribution in [2.45, 2.75) is 0 Å². The average molecular weight is 245 g/mol. The predicted octanol–water partition coefficient (Wildman–Crippen LogP) is 4.65. The highest BCUT2D eigenvalue weighted by molar-refractivity contribution is 6.25. The lowest BCUT2D eigenvalue weighted by Crippen LogP contribution is -2.09. The first-order chi connectivity index (χ1) is 9.25. The maximum atomic E-state index is 2.30. The van der Waals surface area contributed by atoms with Crippen LogP contribution in [0.25, 0.3) is 32.3 Å². The van der Waals surface area contributed by atoms with Gasteiger partial charge >= 0.3 is 0 Å². The van der Waals surface area contributed by atoms with Crippen LogP contribution in [0.5, 0.6) is 0 Å². The molecule has 0 amide bonds. The van der Waals surface area contributed by atoms with Gasteiger partial charge in [0.15, 0.2) is 0 Å². The van der Waals surface area contributed by atoms with Crippen molar-refractivity contribution in [3.8, 4) is 0 Å². The highest BCUT2D eigenvalue weighted by atomic mass is 15.1. The van der Waals surface area contributed by atoms with Gasteiger partial charge in [-0.2, -0.15) is 0 Å². The van der Waals surface area contributed by atoms with Crippen molar-refractivity contribution in [3.05, 3.63) is 54.6 Å². The minimum Gasteiger partial charge on any atom is -0.377 e. The van der Waals surface area contributed by atoms with Gasteiger partial charge in [-0.05, 0) is 33.0 Å². The molecule has 0 unspecified atom stereocenters. The van der Waals surface area contributed by atoms with Crippen molar-refractivity contribution in [2.75, 3.05) is 19.0 Å². The van der Waals surface area contributed by atoms with Gasteiger partial charge in [-0.1, -0.05) is 48.5 Å². The summed E-state index contributed by atoms with van der Waals surface area (Å²) in [5, 5.41) is 8.09. The maximum absolute atomic E-state index is 2.30. The summed E-state index contributed by atoms with van der Waals surface area (Å²) < 4.78 is 0. The fourth-order valence-electron chi connectivity index (χ4n) is 3.11. The molecule has 0 N–H and O–H groups in total. The van der Waals surface area contributed by atoms with Crippen LogP contribution >= 0.6 is 0 Å². The number of anilines is 1. The third-order valence-electron chi connectivity index (χ3n) is 3.97. The van der Waals surface area contributed by atoms with Gasteiger partial charge in [0.1, 0.15) is 0 Å². The van der Waals surface area contributed by atoms with Crippen molar-refractivity contribution >= 4 is 38.0 Å². The van der Waals surface area contributed by atoms with E-state index in [-0.39, 0.29) is 0 Å². The molecular weight excluding hydrogens is 230 g/mol. The van der Waals surface area contributed by atoms with E-state index in [1.807, 2.05) is 0 Å². The normalized spacial score (nSPS) is 11.7. The molecule has 0 atom stereocenters. The summed E-state index contributed by atoms with van der Waals surface area (Å²) in [4.78, 5) is 2.20. The number of benzene rings is 4. The molecule has 0 aliphatic carbocycles. The molecule has 1 nitrogen and oxygen atoms in total. The molecule has 0 aromatic heterocycles. The summed E-state index contributed by atoms with van der Waals surface area (Å²) in [6.07, 6.45) is 0. The highest BCUT2D eigenvalue weighted by Crippen LogP contribution is 2.39. The summed E-state index contributed by atoms with van der Waals surface area (Å²) in [5.41, 5.74) is 1.29. The largest absolute Gasteiger partial charge is 0.377 e. The third-order valence-corrected chi connectivity index (χ3v) is 3.97. The molecule has 4 rings (SSSR count). The first-order valence-electron chi connectivity index (χ1n) is 6.59. The van der Waals surface area contributed by atoms with E-state index in [1.165, 1.54) is 38.0 Å². The Morgan fingerprint density at radius 2 is 1.32 bits per heavy atom. The molecule has 4 aromatic rings. The molecule has 0 bridgehead atoms. The molecular formula is C18H15N. The summed E-state index contributed by atoms with van der Waals surface area (Å²) in [5.74, 6) is 0. The molecule has 92 valence electrons. The van der Waals surface area contributed by atoms with E-state index < -0.39 is 0 Å². The second-order valence-corrected chi connectivity index (χ2v) is 5.34. The molecule has 0 spiro atoms. The zero-order chi connectivity index (χ0) is 13.0. The van der Waals surface area contributed by atoms with E-state index in [0.29, 0.717) is 0 Å². The van der Waals surface area contributed by atoms with E-state index in [9.17, 15) is 0 Å². The molecule has 19 heavy (non-hydrogen) atoms. The van der Waals surface area contributed by atoms with E-state index in [4.69, 9.17) is 0 Å². The molecule has 0 heterocycles. The second-order valence-electron chi connectivity index (χ2n) is 5.34. The fraction of sp³-hybridized carbons (Fsp3) is 0.111. The zero-order valence-electron chi connectivity index (χ0n) is 11.1. The minimum absolute atomic E-state index is 1.29. The SMILES string of the molecule is CN(C)c1cc2cccc3ccc4cccc1c4c32. The topological polar surface area (TPSA) is 3.24 Å². The Labute approximate surface area is 112 Å². The lowest BCUT2D eigenvalue weighted by molar-refractivity contribution is 1.15.